The van der Waals surface area contributed by atoms with Crippen LogP contribution < -0.4 is 10.6 Å². The first-order valence-electron chi connectivity index (χ1n) is 8.95. The van der Waals surface area contributed by atoms with Crippen molar-refractivity contribution in [3.8, 4) is 0 Å². The van der Waals surface area contributed by atoms with Crippen molar-refractivity contribution in [1.29, 1.82) is 0 Å². The van der Waals surface area contributed by atoms with E-state index in [1.54, 1.807) is 7.05 Å². The molecule has 0 radical (unpaired) electrons. The maximum absolute atomic E-state index is 11.5. The molecule has 0 aromatic carbocycles. The summed E-state index contributed by atoms with van der Waals surface area (Å²) in [6, 6.07) is 0. The Morgan fingerprint density at radius 3 is 2.50 bits per heavy atom. The Hall–Kier alpha value is -0.570. The van der Waals surface area contributed by atoms with Gasteiger partial charge in [0.1, 0.15) is 0 Å². The van der Waals surface area contributed by atoms with Gasteiger partial charge in [0.15, 0.2) is 5.96 Å². The predicted molar refractivity (Wildman–Crippen MR) is 112 cm³/mol. The van der Waals surface area contributed by atoms with E-state index < -0.39 is 0 Å². The fourth-order valence-electron chi connectivity index (χ4n) is 2.94. The van der Waals surface area contributed by atoms with E-state index in [-0.39, 0.29) is 29.9 Å². The Balaban J connectivity index is 0.00000529. The fraction of sp³-hybridized carbons (Fsp3) is 0.882. The van der Waals surface area contributed by atoms with Crippen molar-refractivity contribution in [2.75, 3.05) is 53.9 Å². The summed E-state index contributed by atoms with van der Waals surface area (Å²) < 4.78 is 0. The van der Waals surface area contributed by atoms with Crippen molar-refractivity contribution in [2.45, 2.75) is 39.0 Å². The number of hydrogen-bond acceptors (Lipinski definition) is 3. The van der Waals surface area contributed by atoms with Crippen LogP contribution in [0.2, 0.25) is 0 Å². The number of likely N-dealkylation sites (tertiary alicyclic amines) is 1. The highest BCUT2D eigenvalue weighted by molar-refractivity contribution is 14.0. The number of likely N-dealkylation sites (N-methyl/N-ethyl adjacent to an activating group) is 1. The predicted octanol–water partition coefficient (Wildman–Crippen LogP) is 1.76. The number of rotatable bonds is 8. The molecule has 7 heteroatoms. The fourth-order valence-corrected chi connectivity index (χ4v) is 2.94. The van der Waals surface area contributed by atoms with Crippen molar-refractivity contribution in [3.05, 3.63) is 0 Å². The second kappa shape index (κ2) is 13.7. The van der Waals surface area contributed by atoms with E-state index in [0.717, 1.165) is 51.5 Å². The second-order valence-corrected chi connectivity index (χ2v) is 6.44. The molecule has 0 unspecified atom stereocenters. The Bertz CT molecular complexity index is 370. The SMILES string of the molecule is CCCCN(C)CCNC(=NC)N1CCC(CC(=O)NC)CC1.I. The van der Waals surface area contributed by atoms with E-state index in [9.17, 15) is 4.79 Å². The average Bonchev–Trinajstić information content (AvgIpc) is 2.57. The van der Waals surface area contributed by atoms with E-state index in [1.165, 1.54) is 12.8 Å². The standard InChI is InChI=1S/C17H35N5O.HI/c1-5-6-10-21(4)13-9-20-17(19-3)22-11-7-15(8-12-22)14-16(23)18-2;/h15H,5-14H2,1-4H3,(H,18,23)(H,19,20);1H. The summed E-state index contributed by atoms with van der Waals surface area (Å²) in [6.07, 6.45) is 5.27. The maximum Gasteiger partial charge on any atom is 0.220 e. The molecule has 0 atom stereocenters. The molecular formula is C17H36IN5O. The van der Waals surface area contributed by atoms with Gasteiger partial charge in [0.2, 0.25) is 5.91 Å². The quantitative estimate of drug-likeness (QED) is 0.334. The number of nitrogens with zero attached hydrogens (tertiary/aromatic N) is 3. The van der Waals surface area contributed by atoms with Crippen LogP contribution >= 0.6 is 24.0 Å². The molecule has 0 saturated carbocycles. The van der Waals surface area contributed by atoms with Gasteiger partial charge in [-0.25, -0.2) is 0 Å². The lowest BCUT2D eigenvalue weighted by Gasteiger charge is -2.34. The molecule has 0 aromatic heterocycles. The molecular weight excluding hydrogens is 417 g/mol. The normalized spacial score (nSPS) is 16.0. The van der Waals surface area contributed by atoms with Crippen molar-refractivity contribution >= 4 is 35.8 Å². The Labute approximate surface area is 164 Å². The van der Waals surface area contributed by atoms with Crippen LogP contribution in [0.25, 0.3) is 0 Å². The zero-order valence-electron chi connectivity index (χ0n) is 15.8. The van der Waals surface area contributed by atoms with Crippen LogP contribution in [0.4, 0.5) is 0 Å². The van der Waals surface area contributed by atoms with Crippen molar-refractivity contribution in [2.24, 2.45) is 10.9 Å². The van der Waals surface area contributed by atoms with E-state index in [4.69, 9.17) is 0 Å². The minimum absolute atomic E-state index is 0. The van der Waals surface area contributed by atoms with Gasteiger partial charge in [0, 0.05) is 46.7 Å². The molecule has 142 valence electrons. The van der Waals surface area contributed by atoms with Crippen molar-refractivity contribution < 1.29 is 4.79 Å². The second-order valence-electron chi connectivity index (χ2n) is 6.44. The van der Waals surface area contributed by atoms with Gasteiger partial charge in [-0.05, 0) is 38.8 Å². The first-order chi connectivity index (χ1) is 11.1. The van der Waals surface area contributed by atoms with Crippen LogP contribution in [-0.4, -0.2) is 75.5 Å². The van der Waals surface area contributed by atoms with Crippen molar-refractivity contribution in [3.63, 3.8) is 0 Å². The summed E-state index contributed by atoms with van der Waals surface area (Å²) in [4.78, 5) is 20.5. The summed E-state index contributed by atoms with van der Waals surface area (Å²) >= 11 is 0. The lowest BCUT2D eigenvalue weighted by atomic mass is 9.93. The highest BCUT2D eigenvalue weighted by Crippen LogP contribution is 2.20. The number of nitrogens with one attached hydrogen (secondary N) is 2. The van der Waals surface area contributed by atoms with Crippen LogP contribution in [0.3, 0.4) is 0 Å². The number of amides is 1. The van der Waals surface area contributed by atoms with Crippen LogP contribution in [0.1, 0.15) is 39.0 Å². The number of piperidine rings is 1. The summed E-state index contributed by atoms with van der Waals surface area (Å²) in [6.45, 7) is 7.29. The largest absolute Gasteiger partial charge is 0.359 e. The van der Waals surface area contributed by atoms with E-state index in [0.29, 0.717) is 12.3 Å². The van der Waals surface area contributed by atoms with Crippen LogP contribution in [0.5, 0.6) is 0 Å². The summed E-state index contributed by atoms with van der Waals surface area (Å²) in [7, 11) is 5.73. The molecule has 6 nitrogen and oxygen atoms in total. The molecule has 0 aromatic rings. The lowest BCUT2D eigenvalue weighted by molar-refractivity contribution is -0.121. The summed E-state index contributed by atoms with van der Waals surface area (Å²) in [5.74, 6) is 1.65. The number of halogens is 1. The third kappa shape index (κ3) is 9.05. The first kappa shape index (κ1) is 23.4. The molecule has 1 aliphatic rings. The zero-order chi connectivity index (χ0) is 17.1. The zero-order valence-corrected chi connectivity index (χ0v) is 18.1. The Morgan fingerprint density at radius 2 is 1.96 bits per heavy atom. The molecule has 1 aliphatic heterocycles. The van der Waals surface area contributed by atoms with Crippen LogP contribution in [0, 0.1) is 5.92 Å². The van der Waals surface area contributed by atoms with Gasteiger partial charge in [-0.1, -0.05) is 13.3 Å². The smallest absolute Gasteiger partial charge is 0.220 e. The highest BCUT2D eigenvalue weighted by Gasteiger charge is 2.22. The molecule has 0 aliphatic carbocycles. The topological polar surface area (TPSA) is 60.0 Å². The van der Waals surface area contributed by atoms with Crippen molar-refractivity contribution in [1.82, 2.24) is 20.4 Å². The molecule has 2 N–H and O–H groups in total. The van der Waals surface area contributed by atoms with Crippen LogP contribution in [-0.2, 0) is 4.79 Å². The van der Waals surface area contributed by atoms with E-state index >= 15 is 0 Å². The van der Waals surface area contributed by atoms with Gasteiger partial charge in [0.25, 0.3) is 0 Å². The summed E-state index contributed by atoms with van der Waals surface area (Å²) in [5, 5.41) is 6.19. The molecule has 1 amide bonds. The molecule has 24 heavy (non-hydrogen) atoms. The van der Waals surface area contributed by atoms with Gasteiger partial charge in [-0.15, -0.1) is 24.0 Å². The third-order valence-electron chi connectivity index (χ3n) is 4.55. The minimum atomic E-state index is 0. The van der Waals surface area contributed by atoms with E-state index in [1.807, 2.05) is 7.05 Å². The monoisotopic (exact) mass is 453 g/mol. The number of aliphatic imine (C=N–C) groups is 1. The van der Waals surface area contributed by atoms with Gasteiger partial charge in [-0.3, -0.25) is 9.79 Å². The number of hydrogen-bond donors (Lipinski definition) is 2. The number of carbonyl (C=O) groups is 1. The Morgan fingerprint density at radius 1 is 1.29 bits per heavy atom. The molecule has 1 rings (SSSR count). The minimum Gasteiger partial charge on any atom is -0.359 e. The first-order valence-corrected chi connectivity index (χ1v) is 8.95. The van der Waals surface area contributed by atoms with Gasteiger partial charge in [-0.2, -0.15) is 0 Å². The number of carbonyl (C=O) groups excluding carboxylic acids is 1. The number of unbranched alkanes of at least 4 members (excludes halogenated alkanes) is 1. The van der Waals surface area contributed by atoms with Gasteiger partial charge < -0.3 is 20.4 Å². The van der Waals surface area contributed by atoms with Crippen LogP contribution in [0.15, 0.2) is 4.99 Å². The average molecular weight is 453 g/mol. The number of guanidine groups is 1. The molecule has 1 saturated heterocycles. The Kier molecular flexibility index (Phi) is 13.4. The lowest BCUT2D eigenvalue weighted by Crippen LogP contribution is -2.47. The molecule has 0 bridgehead atoms. The maximum atomic E-state index is 11.5. The summed E-state index contributed by atoms with van der Waals surface area (Å²) in [5.41, 5.74) is 0. The molecule has 0 spiro atoms. The third-order valence-corrected chi connectivity index (χ3v) is 4.55. The molecule has 1 heterocycles. The highest BCUT2D eigenvalue weighted by atomic mass is 127. The molecule has 1 fully saturated rings. The van der Waals surface area contributed by atoms with Gasteiger partial charge in [0.05, 0.1) is 0 Å². The van der Waals surface area contributed by atoms with E-state index in [2.05, 4.69) is 39.4 Å². The van der Waals surface area contributed by atoms with Gasteiger partial charge >= 0.3 is 0 Å².